The maximum atomic E-state index is 12.4. The summed E-state index contributed by atoms with van der Waals surface area (Å²) in [5, 5.41) is 3.17. The lowest BCUT2D eigenvalue weighted by molar-refractivity contribution is 0.0922. The van der Waals surface area contributed by atoms with Gasteiger partial charge in [0.15, 0.2) is 0 Å². The highest BCUT2D eigenvalue weighted by atomic mass is 79.9. The van der Waals surface area contributed by atoms with Crippen molar-refractivity contribution in [3.63, 3.8) is 0 Å². The van der Waals surface area contributed by atoms with E-state index in [0.717, 1.165) is 22.1 Å². The number of hydrogen-bond donors (Lipinski definition) is 1. The molecule has 0 aromatic heterocycles. The van der Waals surface area contributed by atoms with Crippen LogP contribution in [-0.4, -0.2) is 12.5 Å². The summed E-state index contributed by atoms with van der Waals surface area (Å²) in [6.45, 7) is 7.40. The van der Waals surface area contributed by atoms with Crippen LogP contribution in [0.15, 0.2) is 22.7 Å². The molecule has 21 heavy (non-hydrogen) atoms. The van der Waals surface area contributed by atoms with Crippen LogP contribution in [0.2, 0.25) is 0 Å². The molecule has 1 aliphatic carbocycles. The highest BCUT2D eigenvalue weighted by molar-refractivity contribution is 9.10. The van der Waals surface area contributed by atoms with Crippen LogP contribution >= 0.6 is 15.9 Å². The molecule has 0 atom stereocenters. The highest BCUT2D eigenvalue weighted by Crippen LogP contribution is 2.42. The number of carbonyl (C=O) groups excluding carboxylic acids is 1. The standard InChI is InChI=1S/C18H26BrNO/c1-13(2)11-18(8-4-5-9-18)12-20-17(21)15-7-6-14(3)16(19)10-15/h6-7,10,13H,4-5,8-9,11-12H2,1-3H3,(H,20,21). The molecule has 0 spiro atoms. The summed E-state index contributed by atoms with van der Waals surface area (Å²) in [6.07, 6.45) is 6.33. The lowest BCUT2D eigenvalue weighted by atomic mass is 9.78. The second-order valence-electron chi connectivity index (χ2n) is 6.95. The SMILES string of the molecule is Cc1ccc(C(=O)NCC2(CC(C)C)CCCC2)cc1Br. The smallest absolute Gasteiger partial charge is 0.251 e. The molecule has 2 nitrogen and oxygen atoms in total. The molecule has 3 heteroatoms. The molecule has 1 N–H and O–H groups in total. The molecule has 0 radical (unpaired) electrons. The minimum atomic E-state index is 0.0470. The predicted octanol–water partition coefficient (Wildman–Crippen LogP) is 5.09. The van der Waals surface area contributed by atoms with E-state index >= 15 is 0 Å². The number of nitrogens with one attached hydrogen (secondary N) is 1. The van der Waals surface area contributed by atoms with Gasteiger partial charge in [-0.3, -0.25) is 4.79 Å². The minimum absolute atomic E-state index is 0.0470. The van der Waals surface area contributed by atoms with E-state index in [2.05, 4.69) is 35.1 Å². The molecule has 1 aromatic rings. The maximum Gasteiger partial charge on any atom is 0.251 e. The molecule has 1 fully saturated rings. The monoisotopic (exact) mass is 351 g/mol. The molecule has 0 bridgehead atoms. The fourth-order valence-corrected chi connectivity index (χ4v) is 3.93. The Bertz CT molecular complexity index is 504. The number of benzene rings is 1. The second kappa shape index (κ2) is 6.95. The van der Waals surface area contributed by atoms with Crippen LogP contribution in [0.5, 0.6) is 0 Å². The van der Waals surface area contributed by atoms with Gasteiger partial charge in [-0.25, -0.2) is 0 Å². The van der Waals surface area contributed by atoms with Gasteiger partial charge in [0, 0.05) is 16.6 Å². The average Bonchev–Trinajstić information content (AvgIpc) is 2.87. The van der Waals surface area contributed by atoms with Crippen LogP contribution in [0.25, 0.3) is 0 Å². The summed E-state index contributed by atoms with van der Waals surface area (Å²) in [5.74, 6) is 0.735. The number of carbonyl (C=O) groups is 1. The molecule has 0 aliphatic heterocycles. The Morgan fingerprint density at radius 3 is 2.57 bits per heavy atom. The third-order valence-electron chi connectivity index (χ3n) is 4.56. The summed E-state index contributed by atoms with van der Waals surface area (Å²) in [5.41, 5.74) is 2.22. The van der Waals surface area contributed by atoms with Gasteiger partial charge in [0.2, 0.25) is 0 Å². The van der Waals surface area contributed by atoms with Crippen LogP contribution in [-0.2, 0) is 0 Å². The molecule has 2 rings (SSSR count). The summed E-state index contributed by atoms with van der Waals surface area (Å²) in [7, 11) is 0. The fourth-order valence-electron chi connectivity index (χ4n) is 3.55. The zero-order chi connectivity index (χ0) is 15.5. The molecule has 0 heterocycles. The summed E-state index contributed by atoms with van der Waals surface area (Å²) in [4.78, 5) is 12.4. The average molecular weight is 352 g/mol. The van der Waals surface area contributed by atoms with Crippen LogP contribution in [0.4, 0.5) is 0 Å². The number of amides is 1. The summed E-state index contributed by atoms with van der Waals surface area (Å²) >= 11 is 3.50. The lowest BCUT2D eigenvalue weighted by Crippen LogP contribution is -2.36. The first-order chi connectivity index (χ1) is 9.92. The Morgan fingerprint density at radius 2 is 2.00 bits per heavy atom. The van der Waals surface area contributed by atoms with Gasteiger partial charge in [-0.2, -0.15) is 0 Å². The largest absolute Gasteiger partial charge is 0.351 e. The fraction of sp³-hybridized carbons (Fsp3) is 0.611. The second-order valence-corrected chi connectivity index (χ2v) is 7.81. The zero-order valence-corrected chi connectivity index (χ0v) is 14.9. The van der Waals surface area contributed by atoms with E-state index in [4.69, 9.17) is 0 Å². The van der Waals surface area contributed by atoms with Crippen molar-refractivity contribution in [3.8, 4) is 0 Å². The van der Waals surface area contributed by atoms with Crippen molar-refractivity contribution in [2.75, 3.05) is 6.54 Å². The number of aryl methyl sites for hydroxylation is 1. The molecule has 1 amide bonds. The Kier molecular flexibility index (Phi) is 5.48. The Labute approximate surface area is 136 Å². The third-order valence-corrected chi connectivity index (χ3v) is 5.42. The van der Waals surface area contributed by atoms with E-state index in [9.17, 15) is 4.79 Å². The van der Waals surface area contributed by atoms with Crippen LogP contribution in [0.3, 0.4) is 0 Å². The zero-order valence-electron chi connectivity index (χ0n) is 13.3. The molecule has 1 saturated carbocycles. The Hall–Kier alpha value is -0.830. The van der Waals surface area contributed by atoms with E-state index in [0.29, 0.717) is 11.3 Å². The number of hydrogen-bond acceptors (Lipinski definition) is 1. The van der Waals surface area contributed by atoms with Crippen molar-refractivity contribution in [2.24, 2.45) is 11.3 Å². The van der Waals surface area contributed by atoms with Gasteiger partial charge >= 0.3 is 0 Å². The molecule has 1 aliphatic rings. The van der Waals surface area contributed by atoms with E-state index in [1.165, 1.54) is 32.1 Å². The normalized spacial score (nSPS) is 17.2. The maximum absolute atomic E-state index is 12.4. The van der Waals surface area contributed by atoms with Crippen LogP contribution < -0.4 is 5.32 Å². The van der Waals surface area contributed by atoms with Crippen LogP contribution in [0.1, 0.15) is 61.9 Å². The van der Waals surface area contributed by atoms with Crippen molar-refractivity contribution >= 4 is 21.8 Å². The van der Waals surface area contributed by atoms with Gasteiger partial charge in [0.1, 0.15) is 0 Å². The third kappa shape index (κ3) is 4.32. The first-order valence-electron chi connectivity index (χ1n) is 7.96. The van der Waals surface area contributed by atoms with Crippen molar-refractivity contribution in [2.45, 2.75) is 52.9 Å². The minimum Gasteiger partial charge on any atom is -0.351 e. The molecule has 1 aromatic carbocycles. The first-order valence-corrected chi connectivity index (χ1v) is 8.75. The van der Waals surface area contributed by atoms with Gasteiger partial charge in [-0.1, -0.05) is 48.7 Å². The van der Waals surface area contributed by atoms with E-state index in [1.807, 2.05) is 25.1 Å². The van der Waals surface area contributed by atoms with Gasteiger partial charge in [0.05, 0.1) is 0 Å². The van der Waals surface area contributed by atoms with Gasteiger partial charge < -0.3 is 5.32 Å². The van der Waals surface area contributed by atoms with Crippen molar-refractivity contribution < 1.29 is 4.79 Å². The van der Waals surface area contributed by atoms with Gasteiger partial charge in [-0.05, 0) is 55.2 Å². The molecule has 116 valence electrons. The van der Waals surface area contributed by atoms with Gasteiger partial charge in [-0.15, -0.1) is 0 Å². The summed E-state index contributed by atoms with van der Waals surface area (Å²) < 4.78 is 0.993. The highest BCUT2D eigenvalue weighted by Gasteiger charge is 2.34. The number of halogens is 1. The molecular formula is C18H26BrNO. The van der Waals surface area contributed by atoms with Crippen molar-refractivity contribution in [3.05, 3.63) is 33.8 Å². The molecular weight excluding hydrogens is 326 g/mol. The van der Waals surface area contributed by atoms with Crippen LogP contribution in [0, 0.1) is 18.3 Å². The Morgan fingerprint density at radius 1 is 1.33 bits per heavy atom. The first kappa shape index (κ1) is 16.5. The number of rotatable bonds is 5. The quantitative estimate of drug-likeness (QED) is 0.785. The van der Waals surface area contributed by atoms with E-state index in [-0.39, 0.29) is 5.91 Å². The lowest BCUT2D eigenvalue weighted by Gasteiger charge is -2.31. The summed E-state index contributed by atoms with van der Waals surface area (Å²) in [6, 6.07) is 5.80. The molecule has 0 unspecified atom stereocenters. The molecule has 0 saturated heterocycles. The van der Waals surface area contributed by atoms with E-state index < -0.39 is 0 Å². The Balaban J connectivity index is 2.00. The van der Waals surface area contributed by atoms with Crippen molar-refractivity contribution in [1.29, 1.82) is 0 Å². The van der Waals surface area contributed by atoms with Gasteiger partial charge in [0.25, 0.3) is 5.91 Å². The van der Waals surface area contributed by atoms with E-state index in [1.54, 1.807) is 0 Å². The predicted molar refractivity (Wildman–Crippen MR) is 91.6 cm³/mol. The van der Waals surface area contributed by atoms with Crippen molar-refractivity contribution in [1.82, 2.24) is 5.32 Å². The topological polar surface area (TPSA) is 29.1 Å².